The van der Waals surface area contributed by atoms with Gasteiger partial charge >= 0.3 is 0 Å². The van der Waals surface area contributed by atoms with Gasteiger partial charge in [0.1, 0.15) is 23.9 Å². The predicted molar refractivity (Wildman–Crippen MR) is 160 cm³/mol. The van der Waals surface area contributed by atoms with Gasteiger partial charge in [0, 0.05) is 32.0 Å². The van der Waals surface area contributed by atoms with Crippen molar-refractivity contribution in [1.82, 2.24) is 19.9 Å². The van der Waals surface area contributed by atoms with Crippen LogP contribution in [0.15, 0.2) is 103 Å². The van der Waals surface area contributed by atoms with Crippen molar-refractivity contribution in [1.29, 1.82) is 0 Å². The molecule has 1 aromatic heterocycles. The minimum absolute atomic E-state index is 0.0786. The second kappa shape index (κ2) is 12.3. The van der Waals surface area contributed by atoms with E-state index in [0.717, 1.165) is 16.8 Å². The third-order valence-electron chi connectivity index (χ3n) is 6.86. The first-order valence-corrected chi connectivity index (χ1v) is 13.3. The molecule has 41 heavy (non-hydrogen) atoms. The third-order valence-corrected chi connectivity index (χ3v) is 6.86. The lowest BCUT2D eigenvalue weighted by molar-refractivity contribution is -0.140. The van der Waals surface area contributed by atoms with E-state index in [9.17, 15) is 9.59 Å². The van der Waals surface area contributed by atoms with Gasteiger partial charge in [0.15, 0.2) is 0 Å². The molecule has 5 rings (SSSR count). The molecule has 0 aliphatic carbocycles. The Hall–Kier alpha value is -5.18. The Morgan fingerprint density at radius 2 is 1.56 bits per heavy atom. The Morgan fingerprint density at radius 3 is 2.24 bits per heavy atom. The largest absolute Gasteiger partial charge is 0.497 e. The Labute approximate surface area is 239 Å². The highest BCUT2D eigenvalue weighted by Crippen LogP contribution is 2.28. The molecule has 9 nitrogen and oxygen atoms in total. The van der Waals surface area contributed by atoms with Crippen molar-refractivity contribution in [2.45, 2.75) is 19.1 Å². The van der Waals surface area contributed by atoms with Crippen molar-refractivity contribution in [2.24, 2.45) is 0 Å². The van der Waals surface area contributed by atoms with Gasteiger partial charge in [-0.3, -0.25) is 9.59 Å². The number of hydrogen-bond acceptors (Lipinski definition) is 6. The second-order valence-corrected chi connectivity index (χ2v) is 9.85. The van der Waals surface area contributed by atoms with Crippen molar-refractivity contribution < 1.29 is 14.3 Å². The number of amides is 2. The van der Waals surface area contributed by atoms with E-state index >= 15 is 0 Å². The van der Waals surface area contributed by atoms with Crippen LogP contribution in [0.5, 0.6) is 5.75 Å². The van der Waals surface area contributed by atoms with Crippen molar-refractivity contribution in [3.05, 3.63) is 114 Å². The van der Waals surface area contributed by atoms with Crippen LogP contribution in [-0.2, 0) is 22.7 Å². The van der Waals surface area contributed by atoms with E-state index < -0.39 is 6.04 Å². The minimum Gasteiger partial charge on any atom is -0.497 e. The van der Waals surface area contributed by atoms with Crippen LogP contribution in [0.3, 0.4) is 0 Å². The number of para-hydroxylation sites is 1. The summed E-state index contributed by atoms with van der Waals surface area (Å²) >= 11 is 0. The van der Waals surface area contributed by atoms with Gasteiger partial charge in [-0.25, -0.2) is 4.68 Å². The fraction of sp³-hybridized carbons (Fsp3) is 0.188. The van der Waals surface area contributed by atoms with E-state index in [2.05, 4.69) is 15.6 Å². The molecule has 0 saturated carbocycles. The lowest BCUT2D eigenvalue weighted by atomic mass is 10.0. The lowest BCUT2D eigenvalue weighted by Crippen LogP contribution is -2.42. The number of fused-ring (bicyclic) bond motifs is 1. The van der Waals surface area contributed by atoms with E-state index in [4.69, 9.17) is 4.74 Å². The number of nitrogens with zero attached hydrogens (tertiary/aromatic N) is 5. The summed E-state index contributed by atoms with van der Waals surface area (Å²) in [6.45, 7) is 0.140. The monoisotopic (exact) mass is 548 g/mol. The first-order chi connectivity index (χ1) is 19.9. The standard InChI is InChI=1S/C32H32N6O3/c1-36(2)26-17-15-25(16-18-26)33-32(40)31(24-13-19-27(41-3)20-14-24)37(21-23-9-5-4-6-10-23)30(39)22-38-29-12-8-7-11-28(29)34-35-38/h4-20,31H,21-22H2,1-3H3,(H,33,40). The summed E-state index contributed by atoms with van der Waals surface area (Å²) in [5, 5.41) is 11.4. The average molecular weight is 549 g/mol. The zero-order chi connectivity index (χ0) is 28.8. The van der Waals surface area contributed by atoms with Gasteiger partial charge in [0.2, 0.25) is 5.91 Å². The molecule has 4 aromatic carbocycles. The smallest absolute Gasteiger partial charge is 0.251 e. The number of carbonyl (C=O) groups excluding carboxylic acids is 2. The van der Waals surface area contributed by atoms with E-state index in [0.29, 0.717) is 22.5 Å². The van der Waals surface area contributed by atoms with E-state index in [1.807, 2.05) is 110 Å². The summed E-state index contributed by atoms with van der Waals surface area (Å²) in [7, 11) is 5.50. The Balaban J connectivity index is 1.53. The van der Waals surface area contributed by atoms with E-state index in [1.165, 1.54) is 0 Å². The van der Waals surface area contributed by atoms with Gasteiger partial charge in [-0.2, -0.15) is 0 Å². The molecule has 0 spiro atoms. The van der Waals surface area contributed by atoms with Crippen LogP contribution in [0.2, 0.25) is 0 Å². The number of aromatic nitrogens is 3. The molecule has 0 aliphatic rings. The summed E-state index contributed by atoms with van der Waals surface area (Å²) in [5.41, 5.74) is 4.63. The zero-order valence-electron chi connectivity index (χ0n) is 23.3. The first kappa shape index (κ1) is 27.4. The molecule has 2 amide bonds. The van der Waals surface area contributed by atoms with E-state index in [1.54, 1.807) is 28.8 Å². The van der Waals surface area contributed by atoms with Crippen LogP contribution < -0.4 is 15.0 Å². The summed E-state index contributed by atoms with van der Waals surface area (Å²) in [4.78, 5) is 31.7. The first-order valence-electron chi connectivity index (χ1n) is 13.3. The van der Waals surface area contributed by atoms with Crippen LogP contribution in [0, 0.1) is 0 Å². The van der Waals surface area contributed by atoms with Gasteiger partial charge < -0.3 is 19.9 Å². The highest BCUT2D eigenvalue weighted by atomic mass is 16.5. The molecule has 5 aromatic rings. The molecule has 0 fully saturated rings. The molecule has 1 N–H and O–H groups in total. The molecule has 0 aliphatic heterocycles. The van der Waals surface area contributed by atoms with Crippen LogP contribution in [-0.4, -0.2) is 52.9 Å². The van der Waals surface area contributed by atoms with Crippen LogP contribution in [0.1, 0.15) is 17.2 Å². The van der Waals surface area contributed by atoms with Gasteiger partial charge in [0.25, 0.3) is 5.91 Å². The SMILES string of the molecule is COc1ccc(C(C(=O)Nc2ccc(N(C)C)cc2)N(Cc2ccccc2)C(=O)Cn2nnc3ccccc32)cc1. The number of ether oxygens (including phenoxy) is 1. The average Bonchev–Trinajstić information content (AvgIpc) is 3.40. The molecule has 0 radical (unpaired) electrons. The summed E-state index contributed by atoms with van der Waals surface area (Å²) in [6, 6.07) is 30.9. The van der Waals surface area contributed by atoms with Gasteiger partial charge in [-0.1, -0.05) is 59.8 Å². The molecule has 1 atom stereocenters. The Bertz CT molecular complexity index is 1620. The van der Waals surface area contributed by atoms with Crippen molar-refractivity contribution in [2.75, 3.05) is 31.4 Å². The van der Waals surface area contributed by atoms with Gasteiger partial charge in [0.05, 0.1) is 12.6 Å². The van der Waals surface area contributed by atoms with Crippen LogP contribution in [0.4, 0.5) is 11.4 Å². The number of anilines is 2. The highest BCUT2D eigenvalue weighted by molar-refractivity contribution is 5.98. The van der Waals surface area contributed by atoms with Crippen molar-refractivity contribution in [3.8, 4) is 5.75 Å². The molecule has 1 unspecified atom stereocenters. The number of rotatable bonds is 10. The quantitative estimate of drug-likeness (QED) is 0.267. The number of methoxy groups -OCH3 is 1. The van der Waals surface area contributed by atoms with Gasteiger partial charge in [-0.15, -0.1) is 5.10 Å². The Morgan fingerprint density at radius 1 is 0.878 bits per heavy atom. The molecule has 9 heteroatoms. The fourth-order valence-electron chi connectivity index (χ4n) is 4.67. The zero-order valence-corrected chi connectivity index (χ0v) is 23.3. The van der Waals surface area contributed by atoms with Gasteiger partial charge in [-0.05, 0) is 59.7 Å². The molecule has 0 saturated heterocycles. The number of hydrogen-bond donors (Lipinski definition) is 1. The summed E-state index contributed by atoms with van der Waals surface area (Å²) in [6.07, 6.45) is 0. The number of nitrogens with one attached hydrogen (secondary N) is 1. The molecule has 208 valence electrons. The highest BCUT2D eigenvalue weighted by Gasteiger charge is 2.32. The Kier molecular flexibility index (Phi) is 8.24. The maximum atomic E-state index is 14.1. The summed E-state index contributed by atoms with van der Waals surface area (Å²) < 4.78 is 6.91. The summed E-state index contributed by atoms with van der Waals surface area (Å²) in [5.74, 6) is 0.0473. The minimum atomic E-state index is -0.933. The number of benzene rings is 4. The lowest BCUT2D eigenvalue weighted by Gasteiger charge is -2.32. The predicted octanol–water partition coefficient (Wildman–Crippen LogP) is 4.91. The van der Waals surface area contributed by atoms with Crippen molar-refractivity contribution in [3.63, 3.8) is 0 Å². The van der Waals surface area contributed by atoms with Crippen LogP contribution in [0.25, 0.3) is 11.0 Å². The van der Waals surface area contributed by atoms with E-state index in [-0.39, 0.29) is 24.9 Å². The second-order valence-electron chi connectivity index (χ2n) is 9.85. The molecular weight excluding hydrogens is 516 g/mol. The maximum Gasteiger partial charge on any atom is 0.251 e. The molecule has 0 bridgehead atoms. The number of carbonyl (C=O) groups is 2. The molecule has 1 heterocycles. The van der Waals surface area contributed by atoms with Crippen LogP contribution >= 0.6 is 0 Å². The molecular formula is C32H32N6O3. The normalized spacial score (nSPS) is 11.6. The van der Waals surface area contributed by atoms with Crippen molar-refractivity contribution >= 4 is 34.2 Å². The third kappa shape index (κ3) is 6.36. The fourth-order valence-corrected chi connectivity index (χ4v) is 4.67. The topological polar surface area (TPSA) is 92.6 Å². The maximum absolute atomic E-state index is 14.1.